The first-order valence-electron chi connectivity index (χ1n) is 5.21. The number of carbonyl (C=O) groups excluding carboxylic acids is 1. The maximum absolute atomic E-state index is 11.5. The van der Waals surface area contributed by atoms with Crippen LogP contribution in [0.15, 0.2) is 0 Å². The van der Waals surface area contributed by atoms with Crippen LogP contribution in [-0.4, -0.2) is 24.3 Å². The Hall–Kier alpha value is -1.08. The van der Waals surface area contributed by atoms with Gasteiger partial charge >= 0.3 is 5.97 Å². The third-order valence-corrected chi connectivity index (χ3v) is 2.43. The van der Waals surface area contributed by atoms with Gasteiger partial charge in [-0.25, -0.2) is 0 Å². The molecule has 0 amide bonds. The lowest BCUT2D eigenvalue weighted by Crippen LogP contribution is -2.28. The average molecular weight is 213 g/mol. The zero-order valence-corrected chi connectivity index (χ0v) is 9.62. The maximum Gasteiger partial charge on any atom is 0.308 e. The molecular weight excluding hydrogens is 194 g/mol. The van der Waals surface area contributed by atoms with Crippen LogP contribution in [-0.2, 0) is 9.53 Å². The van der Waals surface area contributed by atoms with Crippen molar-refractivity contribution in [2.24, 2.45) is 11.3 Å². The molecule has 2 unspecified atom stereocenters. The van der Waals surface area contributed by atoms with Crippen LogP contribution in [0.3, 0.4) is 0 Å². The molecule has 0 saturated carbocycles. The van der Waals surface area contributed by atoms with Crippen molar-refractivity contribution in [2.75, 3.05) is 13.2 Å². The van der Waals surface area contributed by atoms with Crippen molar-refractivity contribution in [3.63, 3.8) is 0 Å². The second-order valence-corrected chi connectivity index (χ2v) is 3.89. The number of aliphatic hydroxyl groups is 1. The van der Waals surface area contributed by atoms with Crippen molar-refractivity contribution in [1.29, 1.82) is 5.26 Å². The Balaban J connectivity index is 4.45. The fraction of sp³-hybridized carbons (Fsp3) is 0.818. The number of aliphatic hydroxyl groups excluding tert-OH is 1. The van der Waals surface area contributed by atoms with Crippen LogP contribution in [0.25, 0.3) is 0 Å². The minimum Gasteiger partial charge on any atom is -0.466 e. The zero-order valence-electron chi connectivity index (χ0n) is 9.62. The summed E-state index contributed by atoms with van der Waals surface area (Å²) in [6.07, 6.45) is 0.964. The Morgan fingerprint density at radius 2 is 2.20 bits per heavy atom. The van der Waals surface area contributed by atoms with Crippen molar-refractivity contribution in [2.45, 2.75) is 33.6 Å². The summed E-state index contributed by atoms with van der Waals surface area (Å²) in [4.78, 5) is 11.5. The van der Waals surface area contributed by atoms with Gasteiger partial charge in [-0.1, -0.05) is 6.92 Å². The highest BCUT2D eigenvalue weighted by Crippen LogP contribution is 2.27. The Morgan fingerprint density at radius 1 is 1.60 bits per heavy atom. The van der Waals surface area contributed by atoms with Gasteiger partial charge in [-0.2, -0.15) is 5.26 Å². The summed E-state index contributed by atoms with van der Waals surface area (Å²) in [5, 5.41) is 17.9. The van der Waals surface area contributed by atoms with Crippen LogP contribution in [0.4, 0.5) is 0 Å². The van der Waals surface area contributed by atoms with Gasteiger partial charge in [-0.05, 0) is 26.7 Å². The average Bonchev–Trinajstić information content (AvgIpc) is 2.26. The molecule has 0 aromatic carbocycles. The van der Waals surface area contributed by atoms with E-state index in [-0.39, 0.29) is 18.5 Å². The summed E-state index contributed by atoms with van der Waals surface area (Å²) in [6.45, 7) is 5.38. The number of nitriles is 1. The molecule has 0 aliphatic carbocycles. The second-order valence-electron chi connectivity index (χ2n) is 3.89. The van der Waals surface area contributed by atoms with Crippen molar-refractivity contribution in [1.82, 2.24) is 0 Å². The summed E-state index contributed by atoms with van der Waals surface area (Å²) in [5.74, 6) is -0.586. The summed E-state index contributed by atoms with van der Waals surface area (Å²) >= 11 is 0. The van der Waals surface area contributed by atoms with E-state index in [0.717, 1.165) is 0 Å². The first-order valence-corrected chi connectivity index (χ1v) is 5.21. The minimum absolute atomic E-state index is 0.237. The van der Waals surface area contributed by atoms with Crippen molar-refractivity contribution in [3.05, 3.63) is 0 Å². The molecule has 0 bridgehead atoms. The third kappa shape index (κ3) is 4.30. The number of carbonyl (C=O) groups is 1. The smallest absolute Gasteiger partial charge is 0.308 e. The standard InChI is InChI=1S/C11H19NO3/c1-4-9(10(14)15-5-2)6-11(3,7-12)8-13/h9,13H,4-6,8H2,1-3H3. The molecule has 0 aliphatic heterocycles. The monoisotopic (exact) mass is 213 g/mol. The highest BCUT2D eigenvalue weighted by molar-refractivity contribution is 5.72. The van der Waals surface area contributed by atoms with Crippen molar-refractivity contribution in [3.8, 4) is 6.07 Å². The third-order valence-electron chi connectivity index (χ3n) is 2.43. The minimum atomic E-state index is -0.854. The van der Waals surface area contributed by atoms with Gasteiger partial charge < -0.3 is 9.84 Å². The molecule has 0 radical (unpaired) electrons. The van der Waals surface area contributed by atoms with Crippen LogP contribution in [0, 0.1) is 22.7 Å². The summed E-state index contributed by atoms with van der Waals surface area (Å²) in [7, 11) is 0. The molecule has 1 N–H and O–H groups in total. The predicted octanol–water partition coefficient (Wildman–Crippen LogP) is 1.49. The topological polar surface area (TPSA) is 70.3 Å². The summed E-state index contributed by atoms with van der Waals surface area (Å²) in [6, 6.07) is 2.03. The second kappa shape index (κ2) is 6.41. The predicted molar refractivity (Wildman–Crippen MR) is 55.8 cm³/mol. The zero-order chi connectivity index (χ0) is 11.9. The molecule has 0 spiro atoms. The number of rotatable bonds is 6. The van der Waals surface area contributed by atoms with Crippen LogP contribution >= 0.6 is 0 Å². The number of esters is 1. The van der Waals surface area contributed by atoms with Crippen LogP contribution in [0.5, 0.6) is 0 Å². The normalized spacial score (nSPS) is 16.2. The first-order chi connectivity index (χ1) is 7.02. The van der Waals surface area contributed by atoms with Gasteiger partial charge in [-0.3, -0.25) is 4.79 Å². The number of ether oxygens (including phenoxy) is 1. The van der Waals surface area contributed by atoms with Gasteiger partial charge in [-0.15, -0.1) is 0 Å². The fourth-order valence-electron chi connectivity index (χ4n) is 1.34. The SMILES string of the molecule is CCOC(=O)C(CC)CC(C)(C#N)CO. The van der Waals surface area contributed by atoms with E-state index in [1.165, 1.54) is 0 Å². The summed E-state index contributed by atoms with van der Waals surface area (Å²) < 4.78 is 4.90. The Labute approximate surface area is 90.9 Å². The van der Waals surface area contributed by atoms with Crippen LogP contribution in [0.2, 0.25) is 0 Å². The molecule has 15 heavy (non-hydrogen) atoms. The van der Waals surface area contributed by atoms with E-state index in [9.17, 15) is 4.79 Å². The molecule has 0 aliphatic rings. The number of nitrogens with zero attached hydrogens (tertiary/aromatic N) is 1. The van der Waals surface area contributed by atoms with Crippen molar-refractivity contribution < 1.29 is 14.6 Å². The number of hydrogen-bond acceptors (Lipinski definition) is 4. The quantitative estimate of drug-likeness (QED) is 0.678. The van der Waals surface area contributed by atoms with E-state index in [2.05, 4.69) is 0 Å². The molecular formula is C11H19NO3. The summed E-state index contributed by atoms with van der Waals surface area (Å²) in [5.41, 5.74) is -0.854. The fourth-order valence-corrected chi connectivity index (χ4v) is 1.34. The highest BCUT2D eigenvalue weighted by atomic mass is 16.5. The van der Waals surface area contributed by atoms with E-state index in [1.54, 1.807) is 13.8 Å². The Kier molecular flexibility index (Phi) is 5.95. The van der Waals surface area contributed by atoms with E-state index < -0.39 is 5.41 Å². The molecule has 4 nitrogen and oxygen atoms in total. The molecule has 2 atom stereocenters. The van der Waals surface area contributed by atoms with Gasteiger partial charge in [0.2, 0.25) is 0 Å². The van der Waals surface area contributed by atoms with E-state index >= 15 is 0 Å². The lowest BCUT2D eigenvalue weighted by molar-refractivity contribution is -0.149. The molecule has 0 heterocycles. The number of hydrogen-bond donors (Lipinski definition) is 1. The van der Waals surface area contributed by atoms with Crippen LogP contribution in [0.1, 0.15) is 33.6 Å². The lowest BCUT2D eigenvalue weighted by Gasteiger charge is -2.23. The van der Waals surface area contributed by atoms with Gasteiger partial charge in [0.05, 0.1) is 30.6 Å². The van der Waals surface area contributed by atoms with E-state index in [4.69, 9.17) is 15.1 Å². The van der Waals surface area contributed by atoms with Gasteiger partial charge in [0.15, 0.2) is 0 Å². The first kappa shape index (κ1) is 13.9. The Morgan fingerprint density at radius 3 is 2.53 bits per heavy atom. The molecule has 86 valence electrons. The lowest BCUT2D eigenvalue weighted by atomic mass is 9.82. The van der Waals surface area contributed by atoms with E-state index in [1.807, 2.05) is 13.0 Å². The van der Waals surface area contributed by atoms with E-state index in [0.29, 0.717) is 19.4 Å². The molecule has 0 fully saturated rings. The molecule has 0 aromatic rings. The maximum atomic E-state index is 11.5. The molecule has 0 saturated heterocycles. The molecule has 0 rings (SSSR count). The largest absolute Gasteiger partial charge is 0.466 e. The van der Waals surface area contributed by atoms with Gasteiger partial charge in [0.25, 0.3) is 0 Å². The van der Waals surface area contributed by atoms with Crippen molar-refractivity contribution >= 4 is 5.97 Å². The van der Waals surface area contributed by atoms with Gasteiger partial charge in [0, 0.05) is 0 Å². The molecule has 0 aromatic heterocycles. The Bertz CT molecular complexity index is 247. The molecule has 4 heteroatoms. The highest BCUT2D eigenvalue weighted by Gasteiger charge is 2.30. The van der Waals surface area contributed by atoms with Gasteiger partial charge in [0.1, 0.15) is 0 Å². The van der Waals surface area contributed by atoms with Crippen LogP contribution < -0.4 is 0 Å².